The molecule has 0 radical (unpaired) electrons. The molecule has 2 aliphatic rings. The van der Waals surface area contributed by atoms with E-state index in [4.69, 9.17) is 0 Å². The van der Waals surface area contributed by atoms with Crippen molar-refractivity contribution >= 4 is 11.8 Å². The SMILES string of the molecule is CCN1C[C@H](c2ccccc2)CC2(CCN(Cc3cnc(SC)nc3)CC2)C1. The Hall–Kier alpha value is -1.43. The van der Waals surface area contributed by atoms with Crippen LogP contribution in [0.2, 0.25) is 0 Å². The fraction of sp³-hybridized carbons (Fsp3) is 0.565. The van der Waals surface area contributed by atoms with E-state index in [1.807, 2.05) is 18.6 Å². The molecule has 0 saturated carbocycles. The standard InChI is InChI=1S/C23H32N4S/c1-3-26-17-21(20-7-5-4-6-8-20)13-23(18-26)9-11-27(12-10-23)16-19-14-24-22(28-2)25-15-19/h4-8,14-15,21H,3,9-13,16-18H2,1-2H3/t21-/m1/s1. The Morgan fingerprint density at radius 2 is 1.79 bits per heavy atom. The van der Waals surface area contributed by atoms with Gasteiger partial charge in [-0.3, -0.25) is 4.90 Å². The Bertz CT molecular complexity index is 741. The molecule has 0 N–H and O–H groups in total. The van der Waals surface area contributed by atoms with E-state index < -0.39 is 0 Å². The fourth-order valence-electron chi connectivity index (χ4n) is 5.03. The molecule has 5 heteroatoms. The molecule has 28 heavy (non-hydrogen) atoms. The van der Waals surface area contributed by atoms with Crippen molar-refractivity contribution in [3.8, 4) is 0 Å². The maximum absolute atomic E-state index is 4.43. The molecule has 1 spiro atoms. The van der Waals surface area contributed by atoms with Crippen molar-refractivity contribution in [1.29, 1.82) is 0 Å². The van der Waals surface area contributed by atoms with Crippen LogP contribution >= 0.6 is 11.8 Å². The summed E-state index contributed by atoms with van der Waals surface area (Å²) in [4.78, 5) is 14.1. The van der Waals surface area contributed by atoms with E-state index in [1.165, 1.54) is 56.6 Å². The second-order valence-electron chi connectivity index (χ2n) is 8.49. The Morgan fingerprint density at radius 3 is 2.43 bits per heavy atom. The molecular weight excluding hydrogens is 364 g/mol. The van der Waals surface area contributed by atoms with Gasteiger partial charge in [0.1, 0.15) is 0 Å². The molecular formula is C23H32N4S. The van der Waals surface area contributed by atoms with E-state index >= 15 is 0 Å². The molecule has 4 rings (SSSR count). The first-order valence-corrected chi connectivity index (χ1v) is 11.8. The highest BCUT2D eigenvalue weighted by Gasteiger charge is 2.41. The largest absolute Gasteiger partial charge is 0.302 e. The summed E-state index contributed by atoms with van der Waals surface area (Å²) < 4.78 is 0. The van der Waals surface area contributed by atoms with Gasteiger partial charge >= 0.3 is 0 Å². The number of benzene rings is 1. The molecule has 4 nitrogen and oxygen atoms in total. The van der Waals surface area contributed by atoms with Crippen LogP contribution in [0.15, 0.2) is 47.9 Å². The molecule has 2 fully saturated rings. The summed E-state index contributed by atoms with van der Waals surface area (Å²) >= 11 is 1.60. The number of thioether (sulfide) groups is 1. The second-order valence-corrected chi connectivity index (χ2v) is 9.27. The van der Waals surface area contributed by atoms with Gasteiger partial charge in [0.2, 0.25) is 0 Å². The Morgan fingerprint density at radius 1 is 1.07 bits per heavy atom. The highest BCUT2D eigenvalue weighted by atomic mass is 32.2. The van der Waals surface area contributed by atoms with Crippen LogP contribution in [-0.2, 0) is 6.54 Å². The summed E-state index contributed by atoms with van der Waals surface area (Å²) in [6.45, 7) is 9.30. The highest BCUT2D eigenvalue weighted by molar-refractivity contribution is 7.98. The number of hydrogen-bond acceptors (Lipinski definition) is 5. The van der Waals surface area contributed by atoms with Crippen molar-refractivity contribution in [2.24, 2.45) is 5.41 Å². The van der Waals surface area contributed by atoms with Gasteiger partial charge in [-0.2, -0.15) is 0 Å². The van der Waals surface area contributed by atoms with Gasteiger partial charge in [-0.05, 0) is 62.0 Å². The zero-order valence-electron chi connectivity index (χ0n) is 17.2. The summed E-state index contributed by atoms with van der Waals surface area (Å²) in [6.07, 6.45) is 9.95. The minimum Gasteiger partial charge on any atom is -0.302 e. The zero-order chi connectivity index (χ0) is 19.4. The summed E-state index contributed by atoms with van der Waals surface area (Å²) in [5, 5.41) is 0.857. The van der Waals surface area contributed by atoms with Crippen LogP contribution in [0.25, 0.3) is 0 Å². The Balaban J connectivity index is 1.40. The van der Waals surface area contributed by atoms with Crippen molar-refractivity contribution < 1.29 is 0 Å². The van der Waals surface area contributed by atoms with Gasteiger partial charge in [0.25, 0.3) is 0 Å². The van der Waals surface area contributed by atoms with E-state index in [0.717, 1.165) is 18.2 Å². The monoisotopic (exact) mass is 396 g/mol. The lowest BCUT2D eigenvalue weighted by atomic mass is 9.68. The van der Waals surface area contributed by atoms with Gasteiger partial charge in [-0.1, -0.05) is 49.0 Å². The second kappa shape index (κ2) is 8.93. The van der Waals surface area contributed by atoms with E-state index in [9.17, 15) is 0 Å². The predicted molar refractivity (Wildman–Crippen MR) is 117 cm³/mol. The summed E-state index contributed by atoms with van der Waals surface area (Å²) in [7, 11) is 0. The quantitative estimate of drug-likeness (QED) is 0.556. The average molecular weight is 397 g/mol. The number of piperidine rings is 2. The molecule has 0 bridgehead atoms. The molecule has 0 amide bonds. The predicted octanol–water partition coefficient (Wildman–Crippen LogP) is 4.29. The summed E-state index contributed by atoms with van der Waals surface area (Å²) in [6, 6.07) is 11.2. The van der Waals surface area contributed by atoms with Gasteiger partial charge in [-0.25, -0.2) is 9.97 Å². The van der Waals surface area contributed by atoms with E-state index in [1.54, 1.807) is 11.8 Å². The van der Waals surface area contributed by atoms with Crippen molar-refractivity contribution in [1.82, 2.24) is 19.8 Å². The normalized spacial score (nSPS) is 23.1. The third kappa shape index (κ3) is 4.58. The average Bonchev–Trinajstić information content (AvgIpc) is 2.76. The van der Waals surface area contributed by atoms with E-state index in [0.29, 0.717) is 11.3 Å². The zero-order valence-corrected chi connectivity index (χ0v) is 18.0. The number of rotatable bonds is 5. The molecule has 2 aliphatic heterocycles. The first-order valence-electron chi connectivity index (χ1n) is 10.5. The number of likely N-dealkylation sites (N-methyl/N-ethyl adjacent to an activating group) is 1. The van der Waals surface area contributed by atoms with Gasteiger partial charge in [0.15, 0.2) is 5.16 Å². The van der Waals surface area contributed by atoms with Crippen LogP contribution in [0.1, 0.15) is 43.2 Å². The fourth-order valence-corrected chi connectivity index (χ4v) is 5.34. The first-order chi connectivity index (χ1) is 13.7. The number of aromatic nitrogens is 2. The summed E-state index contributed by atoms with van der Waals surface area (Å²) in [5.41, 5.74) is 3.23. The number of nitrogens with zero attached hydrogens (tertiary/aromatic N) is 4. The van der Waals surface area contributed by atoms with Crippen LogP contribution in [0.4, 0.5) is 0 Å². The lowest BCUT2D eigenvalue weighted by Crippen LogP contribution is -2.51. The van der Waals surface area contributed by atoms with Crippen LogP contribution in [0.3, 0.4) is 0 Å². The van der Waals surface area contributed by atoms with Crippen molar-refractivity contribution in [2.75, 3.05) is 39.0 Å². The maximum atomic E-state index is 4.43. The highest BCUT2D eigenvalue weighted by Crippen LogP contribution is 2.45. The third-order valence-electron chi connectivity index (χ3n) is 6.62. The Kier molecular flexibility index (Phi) is 6.34. The van der Waals surface area contributed by atoms with Gasteiger partial charge in [0.05, 0.1) is 0 Å². The number of likely N-dealkylation sites (tertiary alicyclic amines) is 2. The lowest BCUT2D eigenvalue weighted by molar-refractivity contribution is 0.0137. The van der Waals surface area contributed by atoms with E-state index in [2.05, 4.69) is 57.0 Å². The minimum atomic E-state index is 0.477. The smallest absolute Gasteiger partial charge is 0.187 e. The van der Waals surface area contributed by atoms with Crippen LogP contribution in [0, 0.1) is 5.41 Å². The van der Waals surface area contributed by atoms with Gasteiger partial charge in [0, 0.05) is 37.6 Å². The molecule has 0 unspecified atom stereocenters. The molecule has 1 aromatic heterocycles. The van der Waals surface area contributed by atoms with Gasteiger partial charge < -0.3 is 4.90 Å². The first kappa shape index (κ1) is 19.9. The topological polar surface area (TPSA) is 32.3 Å². The van der Waals surface area contributed by atoms with Crippen LogP contribution in [0.5, 0.6) is 0 Å². The lowest BCUT2D eigenvalue weighted by Gasteiger charge is -2.50. The molecule has 2 aromatic rings. The van der Waals surface area contributed by atoms with Gasteiger partial charge in [-0.15, -0.1) is 0 Å². The molecule has 0 aliphatic carbocycles. The molecule has 150 valence electrons. The third-order valence-corrected chi connectivity index (χ3v) is 7.20. The Labute approximate surface area is 173 Å². The summed E-state index contributed by atoms with van der Waals surface area (Å²) in [5.74, 6) is 0.675. The van der Waals surface area contributed by atoms with Crippen molar-refractivity contribution in [2.45, 2.75) is 43.8 Å². The molecule has 2 saturated heterocycles. The maximum Gasteiger partial charge on any atom is 0.187 e. The number of hydrogen-bond donors (Lipinski definition) is 0. The van der Waals surface area contributed by atoms with Crippen molar-refractivity contribution in [3.05, 3.63) is 53.9 Å². The molecule has 3 heterocycles. The van der Waals surface area contributed by atoms with Crippen LogP contribution in [-0.4, -0.2) is 58.7 Å². The molecule has 1 atom stereocenters. The minimum absolute atomic E-state index is 0.477. The van der Waals surface area contributed by atoms with E-state index in [-0.39, 0.29) is 0 Å². The molecule has 1 aromatic carbocycles. The van der Waals surface area contributed by atoms with Crippen molar-refractivity contribution in [3.63, 3.8) is 0 Å². The van der Waals surface area contributed by atoms with Crippen LogP contribution < -0.4 is 0 Å².